The SMILES string of the molecule is C1=COON=C1.O=c1[nH]c2ccccc2[nH]1. The van der Waals surface area contributed by atoms with Gasteiger partial charge in [0, 0.05) is 0 Å². The number of aromatic nitrogens is 2. The number of aromatic amines is 2. The molecule has 2 N–H and O–H groups in total. The van der Waals surface area contributed by atoms with Crippen LogP contribution in [-0.4, -0.2) is 16.2 Å². The van der Waals surface area contributed by atoms with Crippen LogP contribution in [0.1, 0.15) is 0 Å². The summed E-state index contributed by atoms with van der Waals surface area (Å²) in [5.74, 6) is 0. The van der Waals surface area contributed by atoms with Gasteiger partial charge in [0.2, 0.25) is 0 Å². The van der Waals surface area contributed by atoms with Crippen molar-refractivity contribution in [2.24, 2.45) is 5.16 Å². The van der Waals surface area contributed by atoms with E-state index in [4.69, 9.17) is 0 Å². The zero-order valence-electron chi connectivity index (χ0n) is 8.21. The monoisotopic (exact) mass is 219 g/mol. The molecule has 0 bridgehead atoms. The number of nitrogens with one attached hydrogen (secondary N) is 2. The molecule has 0 spiro atoms. The minimum absolute atomic E-state index is 0.152. The summed E-state index contributed by atoms with van der Waals surface area (Å²) in [6, 6.07) is 7.47. The molecule has 82 valence electrons. The van der Waals surface area contributed by atoms with E-state index in [0.717, 1.165) is 11.0 Å². The number of allylic oxidation sites excluding steroid dienone is 1. The second kappa shape index (κ2) is 4.83. The molecule has 3 rings (SSSR count). The lowest BCUT2D eigenvalue weighted by atomic mass is 10.3. The Morgan fingerprint density at radius 3 is 2.19 bits per heavy atom. The molecule has 1 aromatic carbocycles. The summed E-state index contributed by atoms with van der Waals surface area (Å²) in [5.41, 5.74) is 1.56. The van der Waals surface area contributed by atoms with E-state index in [1.807, 2.05) is 24.3 Å². The van der Waals surface area contributed by atoms with Crippen LogP contribution in [0.3, 0.4) is 0 Å². The van der Waals surface area contributed by atoms with E-state index in [9.17, 15) is 4.79 Å². The van der Waals surface area contributed by atoms with Gasteiger partial charge in [0.05, 0.1) is 17.2 Å². The van der Waals surface area contributed by atoms with Crippen LogP contribution in [0.15, 0.2) is 46.6 Å². The Hall–Kier alpha value is -2.50. The molecular formula is C10H9N3O3. The summed E-state index contributed by atoms with van der Waals surface area (Å²) in [7, 11) is 0. The third-order valence-electron chi connectivity index (χ3n) is 1.79. The fourth-order valence-corrected chi connectivity index (χ4v) is 1.15. The number of H-pyrrole nitrogens is 2. The summed E-state index contributed by atoms with van der Waals surface area (Å²) in [6.45, 7) is 0. The number of imidazole rings is 1. The zero-order valence-corrected chi connectivity index (χ0v) is 8.21. The zero-order chi connectivity index (χ0) is 11.2. The quantitative estimate of drug-likeness (QED) is 0.655. The van der Waals surface area contributed by atoms with Crippen LogP contribution in [0, 0.1) is 0 Å². The first-order valence-electron chi connectivity index (χ1n) is 4.54. The van der Waals surface area contributed by atoms with Crippen LogP contribution in [0.5, 0.6) is 0 Å². The molecule has 0 aliphatic carbocycles. The minimum atomic E-state index is -0.152. The second-order valence-electron chi connectivity index (χ2n) is 2.88. The molecule has 0 unspecified atom stereocenters. The number of fused-ring (bicyclic) bond motifs is 1. The standard InChI is InChI=1S/C7H6N2O.C3H3NO2/c10-7-8-5-3-1-2-4-6(5)9-7;1-2-4-6-5-3-1/h1-4H,(H2,8,9,10);1-3H. The predicted octanol–water partition coefficient (Wildman–Crippen LogP) is 1.30. The molecule has 2 aromatic rings. The van der Waals surface area contributed by atoms with Gasteiger partial charge in [-0.1, -0.05) is 12.1 Å². The van der Waals surface area contributed by atoms with Gasteiger partial charge in [0.15, 0.2) is 0 Å². The van der Waals surface area contributed by atoms with Crippen molar-refractivity contribution in [3.63, 3.8) is 0 Å². The highest BCUT2D eigenvalue weighted by Crippen LogP contribution is 2.03. The first-order chi connectivity index (χ1) is 7.86. The fourth-order valence-electron chi connectivity index (χ4n) is 1.15. The average Bonchev–Trinajstić information content (AvgIpc) is 2.72. The third kappa shape index (κ3) is 2.50. The van der Waals surface area contributed by atoms with E-state index in [1.54, 1.807) is 6.08 Å². The van der Waals surface area contributed by atoms with Gasteiger partial charge in [-0.05, 0) is 23.4 Å². The first-order valence-corrected chi connectivity index (χ1v) is 4.54. The highest BCUT2D eigenvalue weighted by atomic mass is 17.3. The van der Waals surface area contributed by atoms with Crippen molar-refractivity contribution >= 4 is 17.2 Å². The molecule has 1 aromatic heterocycles. The van der Waals surface area contributed by atoms with Crippen molar-refractivity contribution < 1.29 is 9.88 Å². The maximum absolute atomic E-state index is 10.7. The van der Waals surface area contributed by atoms with Crippen molar-refractivity contribution in [1.29, 1.82) is 0 Å². The summed E-state index contributed by atoms with van der Waals surface area (Å²) in [4.78, 5) is 24.2. The van der Waals surface area contributed by atoms with Crippen LogP contribution in [0.4, 0.5) is 0 Å². The van der Waals surface area contributed by atoms with Crippen LogP contribution < -0.4 is 5.69 Å². The third-order valence-corrected chi connectivity index (χ3v) is 1.79. The Balaban J connectivity index is 0.000000138. The Bertz CT molecular complexity index is 520. The molecular weight excluding hydrogens is 210 g/mol. The largest absolute Gasteiger partial charge is 0.323 e. The van der Waals surface area contributed by atoms with Crippen LogP contribution >= 0.6 is 0 Å². The summed E-state index contributed by atoms with van der Waals surface area (Å²) < 4.78 is 0. The molecule has 1 aliphatic rings. The number of para-hydroxylation sites is 2. The Labute approximate surface area is 90.1 Å². The number of rotatable bonds is 0. The maximum Gasteiger partial charge on any atom is 0.323 e. The Morgan fingerprint density at radius 1 is 1.12 bits per heavy atom. The minimum Gasteiger partial charge on any atom is -0.306 e. The number of oxime groups is 1. The van der Waals surface area contributed by atoms with E-state index in [1.165, 1.54) is 12.5 Å². The number of hydrogen-bond donors (Lipinski definition) is 2. The van der Waals surface area contributed by atoms with Gasteiger partial charge in [-0.2, -0.15) is 4.99 Å². The molecule has 0 saturated carbocycles. The van der Waals surface area contributed by atoms with Crippen molar-refractivity contribution in [1.82, 2.24) is 9.97 Å². The smallest absolute Gasteiger partial charge is 0.306 e. The molecule has 6 nitrogen and oxygen atoms in total. The normalized spacial score (nSPS) is 12.5. The van der Waals surface area contributed by atoms with E-state index in [-0.39, 0.29) is 5.69 Å². The summed E-state index contributed by atoms with van der Waals surface area (Å²) in [6.07, 6.45) is 4.51. The highest BCUT2D eigenvalue weighted by Gasteiger charge is 1.92. The van der Waals surface area contributed by atoms with Crippen LogP contribution in [-0.2, 0) is 9.88 Å². The maximum atomic E-state index is 10.7. The van der Waals surface area contributed by atoms with Gasteiger partial charge in [-0.15, -0.1) is 0 Å². The first kappa shape index (κ1) is 10.0. The number of nitrogens with zero attached hydrogens (tertiary/aromatic N) is 1. The van der Waals surface area contributed by atoms with Crippen molar-refractivity contribution in [3.05, 3.63) is 47.1 Å². The molecule has 6 heteroatoms. The lowest BCUT2D eigenvalue weighted by Crippen LogP contribution is -1.99. The fraction of sp³-hybridized carbons (Fsp3) is 0. The lowest BCUT2D eigenvalue weighted by Gasteiger charge is -1.92. The molecule has 2 heterocycles. The van der Waals surface area contributed by atoms with Gasteiger partial charge in [0.1, 0.15) is 6.26 Å². The molecule has 0 saturated heterocycles. The average molecular weight is 219 g/mol. The van der Waals surface area contributed by atoms with E-state index >= 15 is 0 Å². The van der Waals surface area contributed by atoms with E-state index in [0.29, 0.717) is 0 Å². The summed E-state index contributed by atoms with van der Waals surface area (Å²) >= 11 is 0. The molecule has 0 amide bonds. The van der Waals surface area contributed by atoms with Gasteiger partial charge in [-0.3, -0.25) is 4.89 Å². The molecule has 0 radical (unpaired) electrons. The van der Waals surface area contributed by atoms with Crippen LogP contribution in [0.2, 0.25) is 0 Å². The molecule has 0 atom stereocenters. The van der Waals surface area contributed by atoms with E-state index < -0.39 is 0 Å². The molecule has 1 aliphatic heterocycles. The molecule has 16 heavy (non-hydrogen) atoms. The number of benzene rings is 1. The predicted molar refractivity (Wildman–Crippen MR) is 58.7 cm³/mol. The van der Waals surface area contributed by atoms with E-state index in [2.05, 4.69) is 25.0 Å². The van der Waals surface area contributed by atoms with Gasteiger partial charge < -0.3 is 9.97 Å². The number of hydrogen-bond acceptors (Lipinski definition) is 4. The van der Waals surface area contributed by atoms with Crippen LogP contribution in [0.25, 0.3) is 11.0 Å². The van der Waals surface area contributed by atoms with Gasteiger partial charge in [-0.25, -0.2) is 4.79 Å². The summed E-state index contributed by atoms with van der Waals surface area (Å²) in [5, 5.41) is 3.24. The highest BCUT2D eigenvalue weighted by molar-refractivity contribution is 5.73. The second-order valence-corrected chi connectivity index (χ2v) is 2.88. The van der Waals surface area contributed by atoms with Crippen molar-refractivity contribution in [3.8, 4) is 0 Å². The van der Waals surface area contributed by atoms with Crippen molar-refractivity contribution in [2.45, 2.75) is 0 Å². The topological polar surface area (TPSA) is 79.5 Å². The van der Waals surface area contributed by atoms with Crippen molar-refractivity contribution in [2.75, 3.05) is 0 Å². The lowest BCUT2D eigenvalue weighted by molar-refractivity contribution is -0.251. The Kier molecular flexibility index (Phi) is 3.03. The van der Waals surface area contributed by atoms with Gasteiger partial charge >= 0.3 is 5.69 Å². The molecule has 0 fully saturated rings. The van der Waals surface area contributed by atoms with Gasteiger partial charge in [0.25, 0.3) is 0 Å². The Morgan fingerprint density at radius 2 is 1.81 bits per heavy atom.